The number of thioether (sulfide) groups is 1. The van der Waals surface area contributed by atoms with Gasteiger partial charge in [0.1, 0.15) is 5.03 Å². The number of nitrogens with zero attached hydrogens (tertiary/aromatic N) is 1. The fourth-order valence-corrected chi connectivity index (χ4v) is 1.76. The highest BCUT2D eigenvalue weighted by Crippen LogP contribution is 2.20. The highest BCUT2D eigenvalue weighted by atomic mass is 32.2. The minimum Gasteiger partial charge on any atom is -0.481 e. The van der Waals surface area contributed by atoms with E-state index in [1.54, 1.807) is 20.1 Å². The Morgan fingerprint density at radius 1 is 1.67 bits per heavy atom. The first-order chi connectivity index (χ1) is 7.13. The number of ether oxygens (including phenoxy) is 1. The van der Waals surface area contributed by atoms with Crippen LogP contribution < -0.4 is 4.74 Å². The number of aromatic nitrogens is 1. The zero-order valence-electron chi connectivity index (χ0n) is 8.64. The second kappa shape index (κ2) is 5.60. The van der Waals surface area contributed by atoms with Gasteiger partial charge in [0.15, 0.2) is 0 Å². The molecule has 1 N–H and O–H groups in total. The molecule has 4 nitrogen and oxygen atoms in total. The molecule has 1 atom stereocenters. The maximum absolute atomic E-state index is 10.6. The lowest BCUT2D eigenvalue weighted by Crippen LogP contribution is -2.11. The van der Waals surface area contributed by atoms with Crippen LogP contribution in [0.15, 0.2) is 23.2 Å². The Morgan fingerprint density at radius 3 is 3.00 bits per heavy atom. The maximum Gasteiger partial charge on any atom is 0.307 e. The predicted octanol–water partition coefficient (Wildman–Crippen LogP) is 1.90. The van der Waals surface area contributed by atoms with Crippen molar-refractivity contribution in [1.29, 1.82) is 0 Å². The molecule has 0 fully saturated rings. The molecule has 1 aromatic heterocycles. The molecule has 0 saturated heterocycles. The SMILES string of the molecule is COc1cccc(SCC(C)C(=O)O)n1. The highest BCUT2D eigenvalue weighted by molar-refractivity contribution is 7.99. The van der Waals surface area contributed by atoms with Gasteiger partial charge in [-0.2, -0.15) is 0 Å². The molecule has 1 aromatic rings. The van der Waals surface area contributed by atoms with Crippen molar-refractivity contribution in [1.82, 2.24) is 4.98 Å². The second-order valence-electron chi connectivity index (χ2n) is 3.07. The summed E-state index contributed by atoms with van der Waals surface area (Å²) in [6, 6.07) is 5.42. The summed E-state index contributed by atoms with van der Waals surface area (Å²) >= 11 is 1.41. The molecular weight excluding hydrogens is 214 g/mol. The lowest BCUT2D eigenvalue weighted by Gasteiger charge is -2.05. The van der Waals surface area contributed by atoms with Crippen molar-refractivity contribution in [2.24, 2.45) is 5.92 Å². The van der Waals surface area contributed by atoms with Crippen LogP contribution in [0.25, 0.3) is 0 Å². The standard InChI is InChI=1S/C10H13NO3S/c1-7(10(12)13)6-15-9-5-3-4-8(11-9)14-2/h3-5,7H,6H2,1-2H3,(H,12,13). The Balaban J connectivity index is 2.53. The van der Waals surface area contributed by atoms with E-state index >= 15 is 0 Å². The maximum atomic E-state index is 10.6. The Hall–Kier alpha value is -1.23. The first kappa shape index (κ1) is 11.8. The molecule has 15 heavy (non-hydrogen) atoms. The van der Waals surface area contributed by atoms with Gasteiger partial charge in [-0.15, -0.1) is 11.8 Å². The van der Waals surface area contributed by atoms with Gasteiger partial charge in [-0.3, -0.25) is 4.79 Å². The second-order valence-corrected chi connectivity index (χ2v) is 4.11. The molecule has 0 amide bonds. The first-order valence-corrected chi connectivity index (χ1v) is 5.48. The number of hydrogen-bond acceptors (Lipinski definition) is 4. The van der Waals surface area contributed by atoms with Gasteiger partial charge in [0, 0.05) is 11.8 Å². The molecule has 1 heterocycles. The van der Waals surface area contributed by atoms with Crippen molar-refractivity contribution in [3.8, 4) is 5.88 Å². The number of rotatable bonds is 5. The predicted molar refractivity (Wildman–Crippen MR) is 58.3 cm³/mol. The largest absolute Gasteiger partial charge is 0.481 e. The van der Waals surface area contributed by atoms with Crippen LogP contribution in [-0.4, -0.2) is 28.9 Å². The van der Waals surface area contributed by atoms with Gasteiger partial charge in [-0.1, -0.05) is 13.0 Å². The minimum absolute atomic E-state index is 0.372. The van der Waals surface area contributed by atoms with Crippen molar-refractivity contribution >= 4 is 17.7 Å². The van der Waals surface area contributed by atoms with E-state index in [1.807, 2.05) is 12.1 Å². The lowest BCUT2D eigenvalue weighted by atomic mass is 10.2. The van der Waals surface area contributed by atoms with Gasteiger partial charge in [-0.25, -0.2) is 4.98 Å². The molecule has 82 valence electrons. The fraction of sp³-hybridized carbons (Fsp3) is 0.400. The normalized spacial score (nSPS) is 12.1. The van der Waals surface area contributed by atoms with Crippen molar-refractivity contribution in [3.05, 3.63) is 18.2 Å². The van der Waals surface area contributed by atoms with E-state index in [0.717, 1.165) is 5.03 Å². The summed E-state index contributed by atoms with van der Waals surface area (Å²) in [5, 5.41) is 9.48. The third-order valence-electron chi connectivity index (χ3n) is 1.81. The summed E-state index contributed by atoms with van der Waals surface area (Å²) in [5.41, 5.74) is 0. The van der Waals surface area contributed by atoms with Gasteiger partial charge < -0.3 is 9.84 Å². The van der Waals surface area contributed by atoms with E-state index in [-0.39, 0.29) is 5.92 Å². The third-order valence-corrected chi connectivity index (χ3v) is 3.00. The molecular formula is C10H13NO3S. The zero-order chi connectivity index (χ0) is 11.3. The van der Waals surface area contributed by atoms with Crippen molar-refractivity contribution in [2.75, 3.05) is 12.9 Å². The molecule has 1 unspecified atom stereocenters. The molecule has 0 saturated carbocycles. The van der Waals surface area contributed by atoms with E-state index in [1.165, 1.54) is 11.8 Å². The highest BCUT2D eigenvalue weighted by Gasteiger charge is 2.11. The van der Waals surface area contributed by atoms with E-state index < -0.39 is 5.97 Å². The number of aliphatic carboxylic acids is 1. The molecule has 0 spiro atoms. The molecule has 0 radical (unpaired) electrons. The molecule has 0 aliphatic carbocycles. The topological polar surface area (TPSA) is 59.4 Å². The van der Waals surface area contributed by atoms with Gasteiger partial charge in [0.05, 0.1) is 13.0 Å². The minimum atomic E-state index is -0.787. The molecule has 5 heteroatoms. The molecule has 0 bridgehead atoms. The van der Waals surface area contributed by atoms with E-state index in [4.69, 9.17) is 9.84 Å². The summed E-state index contributed by atoms with van der Waals surface area (Å²) in [6.07, 6.45) is 0. The molecule has 0 aliphatic rings. The summed E-state index contributed by atoms with van der Waals surface area (Å²) in [4.78, 5) is 14.8. The van der Waals surface area contributed by atoms with Crippen LogP contribution in [0.2, 0.25) is 0 Å². The lowest BCUT2D eigenvalue weighted by molar-refractivity contribution is -0.140. The number of methoxy groups -OCH3 is 1. The summed E-state index contributed by atoms with van der Waals surface area (Å²) in [5.74, 6) is -0.105. The van der Waals surface area contributed by atoms with Crippen LogP contribution in [0.4, 0.5) is 0 Å². The molecule has 1 rings (SSSR count). The molecule has 0 aromatic carbocycles. The van der Waals surface area contributed by atoms with Gasteiger partial charge in [0.2, 0.25) is 5.88 Å². The Morgan fingerprint density at radius 2 is 2.40 bits per heavy atom. The van der Waals surface area contributed by atoms with Gasteiger partial charge >= 0.3 is 5.97 Å². The molecule has 0 aliphatic heterocycles. The summed E-state index contributed by atoms with van der Waals surface area (Å²) < 4.78 is 4.97. The van der Waals surface area contributed by atoms with Crippen LogP contribution in [0.1, 0.15) is 6.92 Å². The number of carbonyl (C=O) groups is 1. The van der Waals surface area contributed by atoms with Crippen LogP contribution in [0.5, 0.6) is 5.88 Å². The Bertz CT molecular complexity index is 343. The zero-order valence-corrected chi connectivity index (χ0v) is 9.45. The summed E-state index contributed by atoms with van der Waals surface area (Å²) in [6.45, 7) is 1.68. The first-order valence-electron chi connectivity index (χ1n) is 4.50. The van der Waals surface area contributed by atoms with E-state index in [0.29, 0.717) is 11.6 Å². The van der Waals surface area contributed by atoms with E-state index in [9.17, 15) is 4.79 Å². The average Bonchev–Trinajstić information content (AvgIpc) is 2.26. The summed E-state index contributed by atoms with van der Waals surface area (Å²) in [7, 11) is 1.55. The van der Waals surface area contributed by atoms with Gasteiger partial charge in [-0.05, 0) is 6.07 Å². The van der Waals surface area contributed by atoms with Crippen LogP contribution in [-0.2, 0) is 4.79 Å². The third kappa shape index (κ3) is 3.79. The smallest absolute Gasteiger partial charge is 0.307 e. The van der Waals surface area contributed by atoms with Crippen molar-refractivity contribution < 1.29 is 14.6 Å². The van der Waals surface area contributed by atoms with Crippen molar-refractivity contribution in [2.45, 2.75) is 11.9 Å². The number of pyridine rings is 1. The number of carboxylic acid groups (broad SMARTS) is 1. The Labute approximate surface area is 92.7 Å². The quantitative estimate of drug-likeness (QED) is 0.778. The monoisotopic (exact) mass is 227 g/mol. The Kier molecular flexibility index (Phi) is 4.42. The fourth-order valence-electron chi connectivity index (χ4n) is 0.872. The average molecular weight is 227 g/mol. The van der Waals surface area contributed by atoms with Gasteiger partial charge in [0.25, 0.3) is 0 Å². The number of carboxylic acids is 1. The van der Waals surface area contributed by atoms with Crippen LogP contribution in [0, 0.1) is 5.92 Å². The number of hydrogen-bond donors (Lipinski definition) is 1. The van der Waals surface area contributed by atoms with Crippen molar-refractivity contribution in [3.63, 3.8) is 0 Å². The van der Waals surface area contributed by atoms with E-state index in [2.05, 4.69) is 4.98 Å². The van der Waals surface area contributed by atoms with Crippen LogP contribution in [0.3, 0.4) is 0 Å². The van der Waals surface area contributed by atoms with Crippen LogP contribution >= 0.6 is 11.8 Å².